The Morgan fingerprint density at radius 2 is 1.83 bits per heavy atom. The third-order valence-corrected chi connectivity index (χ3v) is 4.61. The number of nitrogens with one attached hydrogen (secondary N) is 1. The molecule has 1 amide bonds. The van der Waals surface area contributed by atoms with E-state index in [2.05, 4.69) is 5.32 Å². The maximum Gasteiger partial charge on any atom is 0.248 e. The summed E-state index contributed by atoms with van der Waals surface area (Å²) in [5.74, 6) is 0.305. The van der Waals surface area contributed by atoms with Crippen LogP contribution < -0.4 is 10.1 Å². The van der Waals surface area contributed by atoms with Gasteiger partial charge >= 0.3 is 0 Å². The Hall–Kier alpha value is -2.31. The molecule has 0 fully saturated rings. The normalized spacial score (nSPS) is 11.5. The van der Waals surface area contributed by atoms with Crippen molar-refractivity contribution in [2.75, 3.05) is 18.7 Å². The predicted molar refractivity (Wildman–Crippen MR) is 95.2 cm³/mol. The first kappa shape index (κ1) is 18.0. The molecule has 7 heteroatoms. The Balaban J connectivity index is 2.13. The van der Waals surface area contributed by atoms with E-state index in [9.17, 15) is 13.2 Å². The summed E-state index contributed by atoms with van der Waals surface area (Å²) < 4.78 is 28.2. The van der Waals surface area contributed by atoms with Gasteiger partial charge in [-0.2, -0.15) is 0 Å². The van der Waals surface area contributed by atoms with Gasteiger partial charge in [0.25, 0.3) is 0 Å². The third-order valence-electron chi connectivity index (χ3n) is 3.17. The van der Waals surface area contributed by atoms with Crippen LogP contribution in [0.25, 0.3) is 6.08 Å². The quantitative estimate of drug-likeness (QED) is 0.824. The van der Waals surface area contributed by atoms with Crippen molar-refractivity contribution >= 4 is 39.1 Å². The molecule has 2 rings (SSSR count). The molecule has 0 aliphatic rings. The molecule has 0 unspecified atom stereocenters. The zero-order valence-corrected chi connectivity index (χ0v) is 14.7. The zero-order chi connectivity index (χ0) is 17.7. The molecule has 5 nitrogen and oxygen atoms in total. The molecule has 24 heavy (non-hydrogen) atoms. The number of hydrogen-bond donors (Lipinski definition) is 1. The van der Waals surface area contributed by atoms with Gasteiger partial charge in [-0.05, 0) is 42.0 Å². The summed E-state index contributed by atoms with van der Waals surface area (Å²) in [5, 5.41) is 2.83. The molecule has 0 radical (unpaired) electrons. The second kappa shape index (κ2) is 7.51. The summed E-state index contributed by atoms with van der Waals surface area (Å²) in [6.07, 6.45) is 4.06. The lowest BCUT2D eigenvalue weighted by Crippen LogP contribution is -2.09. The van der Waals surface area contributed by atoms with E-state index < -0.39 is 15.7 Å². The van der Waals surface area contributed by atoms with Crippen molar-refractivity contribution in [3.63, 3.8) is 0 Å². The first-order chi connectivity index (χ1) is 11.3. The van der Waals surface area contributed by atoms with Crippen molar-refractivity contribution in [3.8, 4) is 5.75 Å². The van der Waals surface area contributed by atoms with Crippen LogP contribution in [0.5, 0.6) is 5.75 Å². The van der Waals surface area contributed by atoms with Crippen LogP contribution in [-0.4, -0.2) is 27.7 Å². The van der Waals surface area contributed by atoms with Gasteiger partial charge in [0.2, 0.25) is 5.91 Å². The predicted octanol–water partition coefficient (Wildman–Crippen LogP) is 3.40. The zero-order valence-electron chi connectivity index (χ0n) is 13.1. The monoisotopic (exact) mass is 365 g/mol. The second-order valence-corrected chi connectivity index (χ2v) is 7.43. The highest BCUT2D eigenvalue weighted by atomic mass is 35.5. The van der Waals surface area contributed by atoms with Crippen LogP contribution >= 0.6 is 11.6 Å². The van der Waals surface area contributed by atoms with Gasteiger partial charge in [0, 0.05) is 12.3 Å². The van der Waals surface area contributed by atoms with Crippen LogP contribution in [0.1, 0.15) is 5.56 Å². The van der Waals surface area contributed by atoms with Gasteiger partial charge in [-0.15, -0.1) is 0 Å². The van der Waals surface area contributed by atoms with Crippen LogP contribution in [0.15, 0.2) is 53.4 Å². The van der Waals surface area contributed by atoms with Crippen molar-refractivity contribution < 1.29 is 17.9 Å². The maximum absolute atomic E-state index is 12.0. The SMILES string of the molecule is COc1ccc(/C=C/C(=O)Nc2cc(S(C)(=O)=O)ccc2Cl)cc1. The Kier molecular flexibility index (Phi) is 5.64. The lowest BCUT2D eigenvalue weighted by Gasteiger charge is -2.07. The van der Waals surface area contributed by atoms with Gasteiger partial charge in [-0.1, -0.05) is 23.7 Å². The number of hydrogen-bond acceptors (Lipinski definition) is 4. The molecule has 0 atom stereocenters. The van der Waals surface area contributed by atoms with Crippen molar-refractivity contribution in [3.05, 3.63) is 59.1 Å². The highest BCUT2D eigenvalue weighted by Crippen LogP contribution is 2.25. The molecular formula is C17H16ClNO4S. The summed E-state index contributed by atoms with van der Waals surface area (Å²) in [6.45, 7) is 0. The molecule has 2 aromatic carbocycles. The van der Waals surface area contributed by atoms with E-state index in [0.717, 1.165) is 17.6 Å². The average Bonchev–Trinajstić information content (AvgIpc) is 2.54. The minimum atomic E-state index is -3.38. The van der Waals surface area contributed by atoms with E-state index >= 15 is 0 Å². The lowest BCUT2D eigenvalue weighted by molar-refractivity contribution is -0.111. The van der Waals surface area contributed by atoms with Crippen molar-refractivity contribution in [2.45, 2.75) is 4.90 Å². The Morgan fingerprint density at radius 3 is 2.42 bits per heavy atom. The minimum absolute atomic E-state index is 0.0846. The molecule has 126 valence electrons. The molecular weight excluding hydrogens is 350 g/mol. The Bertz CT molecular complexity index is 874. The fourth-order valence-electron chi connectivity index (χ4n) is 1.89. The molecule has 0 saturated heterocycles. The van der Waals surface area contributed by atoms with E-state index in [4.69, 9.17) is 16.3 Å². The van der Waals surface area contributed by atoms with Crippen LogP contribution in [0.3, 0.4) is 0 Å². The number of methoxy groups -OCH3 is 1. The number of benzene rings is 2. The topological polar surface area (TPSA) is 72.5 Å². The highest BCUT2D eigenvalue weighted by molar-refractivity contribution is 7.90. The van der Waals surface area contributed by atoms with Crippen LogP contribution in [0.4, 0.5) is 5.69 Å². The fraction of sp³-hybridized carbons (Fsp3) is 0.118. The molecule has 0 aliphatic heterocycles. The minimum Gasteiger partial charge on any atom is -0.497 e. The maximum atomic E-state index is 12.0. The van der Waals surface area contributed by atoms with Gasteiger partial charge < -0.3 is 10.1 Å². The summed E-state index contributed by atoms with van der Waals surface area (Å²) in [5.41, 5.74) is 1.06. The van der Waals surface area contributed by atoms with Crippen LogP contribution in [0, 0.1) is 0 Å². The number of amides is 1. The molecule has 0 aromatic heterocycles. The first-order valence-corrected chi connectivity index (χ1v) is 9.19. The van der Waals surface area contributed by atoms with E-state index in [1.54, 1.807) is 37.5 Å². The number of carbonyl (C=O) groups excluding carboxylic acids is 1. The standard InChI is InChI=1S/C17H16ClNO4S/c1-23-13-6-3-12(4-7-13)5-10-17(20)19-16-11-14(24(2,21)22)8-9-15(16)18/h3-11H,1-2H3,(H,19,20)/b10-5+. The number of rotatable bonds is 5. The summed E-state index contributed by atoms with van der Waals surface area (Å²) in [6, 6.07) is 11.3. The molecule has 0 bridgehead atoms. The second-order valence-electron chi connectivity index (χ2n) is 5.01. The third kappa shape index (κ3) is 4.84. The lowest BCUT2D eigenvalue weighted by atomic mass is 10.2. The van der Waals surface area contributed by atoms with Crippen molar-refractivity contribution in [1.82, 2.24) is 0 Å². The molecule has 0 spiro atoms. The molecule has 2 aromatic rings. The van der Waals surface area contributed by atoms with Crippen molar-refractivity contribution in [1.29, 1.82) is 0 Å². The van der Waals surface area contributed by atoms with Gasteiger partial charge in [-0.3, -0.25) is 4.79 Å². The first-order valence-electron chi connectivity index (χ1n) is 6.92. The number of anilines is 1. The van der Waals surface area contributed by atoms with Gasteiger partial charge in [0.15, 0.2) is 9.84 Å². The largest absolute Gasteiger partial charge is 0.497 e. The van der Waals surface area contributed by atoms with Crippen LogP contribution in [0.2, 0.25) is 5.02 Å². The molecule has 0 aliphatic carbocycles. The van der Waals surface area contributed by atoms with E-state index in [-0.39, 0.29) is 15.6 Å². The summed E-state index contributed by atoms with van der Waals surface area (Å²) in [4.78, 5) is 12.1. The number of ether oxygens (including phenoxy) is 1. The van der Waals surface area contributed by atoms with Gasteiger partial charge in [-0.25, -0.2) is 8.42 Å². The average molecular weight is 366 g/mol. The number of halogens is 1. The highest BCUT2D eigenvalue weighted by Gasteiger charge is 2.11. The number of carbonyl (C=O) groups is 1. The number of sulfone groups is 1. The smallest absolute Gasteiger partial charge is 0.248 e. The Morgan fingerprint density at radius 1 is 1.17 bits per heavy atom. The molecule has 1 N–H and O–H groups in total. The van der Waals surface area contributed by atoms with Crippen molar-refractivity contribution in [2.24, 2.45) is 0 Å². The summed E-state index contributed by atoms with van der Waals surface area (Å²) >= 11 is 5.99. The molecule has 0 heterocycles. The van der Waals surface area contributed by atoms with Crippen LogP contribution in [-0.2, 0) is 14.6 Å². The van der Waals surface area contributed by atoms with Gasteiger partial charge in [0.05, 0.1) is 22.7 Å². The van der Waals surface area contributed by atoms with Gasteiger partial charge in [0.1, 0.15) is 5.75 Å². The van der Waals surface area contributed by atoms with E-state index in [0.29, 0.717) is 0 Å². The van der Waals surface area contributed by atoms with E-state index in [1.165, 1.54) is 24.3 Å². The fourth-order valence-corrected chi connectivity index (χ4v) is 2.70. The van der Waals surface area contributed by atoms with E-state index in [1.807, 2.05) is 0 Å². The Labute approximate surface area is 145 Å². The summed E-state index contributed by atoms with van der Waals surface area (Å²) in [7, 11) is -1.80. The molecule has 0 saturated carbocycles.